The maximum atomic E-state index is 12.3. The molecule has 2 N–H and O–H groups in total. The van der Waals surface area contributed by atoms with E-state index in [4.69, 9.17) is 5.73 Å². The molecule has 0 spiro atoms. The lowest BCUT2D eigenvalue weighted by Crippen LogP contribution is -2.41. The second-order valence-corrected chi connectivity index (χ2v) is 6.06. The number of rotatable bonds is 3. The Morgan fingerprint density at radius 3 is 2.50 bits per heavy atom. The number of carbonyl (C=O) groups is 2. The summed E-state index contributed by atoms with van der Waals surface area (Å²) in [4.78, 5) is 31.9. The monoisotopic (exact) mass is 302 g/mol. The van der Waals surface area contributed by atoms with Crippen molar-refractivity contribution >= 4 is 17.6 Å². The van der Waals surface area contributed by atoms with Gasteiger partial charge in [0.1, 0.15) is 5.82 Å². The van der Waals surface area contributed by atoms with E-state index >= 15 is 0 Å². The minimum atomic E-state index is -0.466. The summed E-state index contributed by atoms with van der Waals surface area (Å²) in [5, 5.41) is 0. The Morgan fingerprint density at radius 1 is 1.09 bits per heavy atom. The van der Waals surface area contributed by atoms with E-state index in [0.29, 0.717) is 11.5 Å². The molecule has 2 fully saturated rings. The zero-order chi connectivity index (χ0) is 15.5. The summed E-state index contributed by atoms with van der Waals surface area (Å²) < 4.78 is 0. The van der Waals surface area contributed by atoms with Crippen LogP contribution in [0.1, 0.15) is 36.0 Å². The number of aromatic nitrogens is 1. The number of carbonyl (C=O) groups excluding carboxylic acids is 2. The molecular formula is C16H22N4O2. The highest BCUT2D eigenvalue weighted by molar-refractivity contribution is 5.92. The first-order valence-corrected chi connectivity index (χ1v) is 7.95. The van der Waals surface area contributed by atoms with E-state index in [1.54, 1.807) is 6.07 Å². The van der Waals surface area contributed by atoms with Crippen LogP contribution in [0.4, 0.5) is 5.82 Å². The minimum absolute atomic E-state index is 0.263. The molecule has 0 radical (unpaired) electrons. The first-order chi connectivity index (χ1) is 10.6. The Balaban J connectivity index is 1.62. The van der Waals surface area contributed by atoms with Gasteiger partial charge in [-0.05, 0) is 31.4 Å². The predicted octanol–water partition coefficient (Wildman–Crippen LogP) is 1.02. The first-order valence-electron chi connectivity index (χ1n) is 7.95. The summed E-state index contributed by atoms with van der Waals surface area (Å²) in [6.45, 7) is 3.22. The molecule has 1 saturated heterocycles. The standard InChI is InChI=1S/C16H22N4O2/c17-15(21)13-5-6-14(18-11-13)19-7-2-8-20(10-9-19)16(22)12-3-1-4-12/h5-6,11-12H,1-4,7-10H2,(H2,17,21). The maximum Gasteiger partial charge on any atom is 0.250 e. The summed E-state index contributed by atoms with van der Waals surface area (Å²) in [5.74, 6) is 0.958. The number of hydrogen-bond donors (Lipinski definition) is 1. The van der Waals surface area contributed by atoms with Crippen molar-refractivity contribution in [3.8, 4) is 0 Å². The number of hydrogen-bond acceptors (Lipinski definition) is 4. The highest BCUT2D eigenvalue weighted by Crippen LogP contribution is 2.28. The van der Waals surface area contributed by atoms with Gasteiger partial charge in [-0.3, -0.25) is 9.59 Å². The Morgan fingerprint density at radius 2 is 1.91 bits per heavy atom. The Labute approximate surface area is 130 Å². The lowest BCUT2D eigenvalue weighted by Gasteiger charge is -2.31. The third-order valence-electron chi connectivity index (χ3n) is 4.62. The molecule has 2 amide bonds. The molecule has 6 nitrogen and oxygen atoms in total. The minimum Gasteiger partial charge on any atom is -0.366 e. The van der Waals surface area contributed by atoms with Gasteiger partial charge in [0, 0.05) is 38.3 Å². The van der Waals surface area contributed by atoms with Crippen molar-refractivity contribution in [3.05, 3.63) is 23.9 Å². The molecule has 2 aliphatic rings. The zero-order valence-electron chi connectivity index (χ0n) is 12.7. The molecule has 1 saturated carbocycles. The van der Waals surface area contributed by atoms with Crippen LogP contribution in [0, 0.1) is 5.92 Å². The second-order valence-electron chi connectivity index (χ2n) is 6.06. The number of anilines is 1. The molecule has 22 heavy (non-hydrogen) atoms. The van der Waals surface area contributed by atoms with E-state index in [9.17, 15) is 9.59 Å². The van der Waals surface area contributed by atoms with Crippen molar-refractivity contribution in [2.75, 3.05) is 31.1 Å². The third-order valence-corrected chi connectivity index (χ3v) is 4.62. The van der Waals surface area contributed by atoms with Crippen LogP contribution in [-0.4, -0.2) is 47.9 Å². The summed E-state index contributed by atoms with van der Waals surface area (Å²) in [6.07, 6.45) is 5.74. The van der Waals surface area contributed by atoms with Crippen molar-refractivity contribution in [3.63, 3.8) is 0 Å². The van der Waals surface area contributed by atoms with E-state index in [1.165, 1.54) is 12.6 Å². The molecule has 6 heteroatoms. The SMILES string of the molecule is NC(=O)c1ccc(N2CCCN(C(=O)C3CCC3)CC2)nc1. The number of amides is 2. The lowest BCUT2D eigenvalue weighted by atomic mass is 9.84. The number of primary amides is 1. The van der Waals surface area contributed by atoms with Crippen molar-refractivity contribution in [2.24, 2.45) is 11.7 Å². The molecule has 0 bridgehead atoms. The van der Waals surface area contributed by atoms with Gasteiger partial charge in [-0.2, -0.15) is 0 Å². The van der Waals surface area contributed by atoms with E-state index in [2.05, 4.69) is 9.88 Å². The fourth-order valence-electron chi connectivity index (χ4n) is 3.00. The number of nitrogens with two attached hydrogens (primary N) is 1. The molecule has 1 aromatic rings. The van der Waals surface area contributed by atoms with Crippen LogP contribution in [-0.2, 0) is 4.79 Å². The second kappa shape index (κ2) is 6.34. The van der Waals surface area contributed by atoms with Gasteiger partial charge in [-0.25, -0.2) is 4.98 Å². The van der Waals surface area contributed by atoms with Gasteiger partial charge in [0.05, 0.1) is 5.56 Å². The summed E-state index contributed by atoms with van der Waals surface area (Å²) >= 11 is 0. The summed E-state index contributed by atoms with van der Waals surface area (Å²) in [5.41, 5.74) is 5.65. The fraction of sp³-hybridized carbons (Fsp3) is 0.562. The lowest BCUT2D eigenvalue weighted by molar-refractivity contribution is -0.137. The Bertz CT molecular complexity index is 554. The van der Waals surface area contributed by atoms with Gasteiger partial charge in [-0.15, -0.1) is 0 Å². The van der Waals surface area contributed by atoms with E-state index in [-0.39, 0.29) is 5.92 Å². The van der Waals surface area contributed by atoms with Gasteiger partial charge >= 0.3 is 0 Å². The third kappa shape index (κ3) is 3.05. The van der Waals surface area contributed by atoms with Gasteiger partial charge in [0.25, 0.3) is 0 Å². The molecule has 1 aliphatic carbocycles. The van der Waals surface area contributed by atoms with Gasteiger partial charge in [0.15, 0.2) is 0 Å². The summed E-state index contributed by atoms with van der Waals surface area (Å²) in [6, 6.07) is 3.52. The average molecular weight is 302 g/mol. The largest absolute Gasteiger partial charge is 0.366 e. The van der Waals surface area contributed by atoms with Crippen LogP contribution in [0.3, 0.4) is 0 Å². The topological polar surface area (TPSA) is 79.5 Å². The molecule has 1 aliphatic heterocycles. The van der Waals surface area contributed by atoms with Gasteiger partial charge in [-0.1, -0.05) is 6.42 Å². The molecule has 2 heterocycles. The predicted molar refractivity (Wildman–Crippen MR) is 83.5 cm³/mol. The van der Waals surface area contributed by atoms with Crippen LogP contribution < -0.4 is 10.6 Å². The van der Waals surface area contributed by atoms with Crippen LogP contribution in [0.25, 0.3) is 0 Å². The molecule has 0 aromatic carbocycles. The molecular weight excluding hydrogens is 280 g/mol. The quantitative estimate of drug-likeness (QED) is 0.904. The molecule has 0 unspecified atom stereocenters. The number of nitrogens with zero attached hydrogens (tertiary/aromatic N) is 3. The van der Waals surface area contributed by atoms with E-state index in [0.717, 1.165) is 51.3 Å². The van der Waals surface area contributed by atoms with Crippen LogP contribution in [0.2, 0.25) is 0 Å². The average Bonchev–Trinajstić information content (AvgIpc) is 2.71. The number of pyridine rings is 1. The van der Waals surface area contributed by atoms with Crippen LogP contribution in [0.15, 0.2) is 18.3 Å². The van der Waals surface area contributed by atoms with Crippen molar-refractivity contribution < 1.29 is 9.59 Å². The van der Waals surface area contributed by atoms with Crippen LogP contribution in [0.5, 0.6) is 0 Å². The maximum absolute atomic E-state index is 12.3. The molecule has 0 atom stereocenters. The van der Waals surface area contributed by atoms with Gasteiger partial charge in [0.2, 0.25) is 11.8 Å². The summed E-state index contributed by atoms with van der Waals surface area (Å²) in [7, 11) is 0. The van der Waals surface area contributed by atoms with E-state index in [1.807, 2.05) is 11.0 Å². The van der Waals surface area contributed by atoms with Crippen molar-refractivity contribution in [1.29, 1.82) is 0 Å². The fourth-order valence-corrected chi connectivity index (χ4v) is 3.00. The molecule has 3 rings (SSSR count). The van der Waals surface area contributed by atoms with Gasteiger partial charge < -0.3 is 15.5 Å². The van der Waals surface area contributed by atoms with E-state index < -0.39 is 5.91 Å². The molecule has 1 aromatic heterocycles. The first kappa shape index (κ1) is 14.8. The highest BCUT2D eigenvalue weighted by Gasteiger charge is 2.30. The smallest absolute Gasteiger partial charge is 0.250 e. The van der Waals surface area contributed by atoms with Crippen molar-refractivity contribution in [2.45, 2.75) is 25.7 Å². The zero-order valence-corrected chi connectivity index (χ0v) is 12.7. The Kier molecular flexibility index (Phi) is 4.27. The normalized spacial score (nSPS) is 19.5. The van der Waals surface area contributed by atoms with Crippen molar-refractivity contribution in [1.82, 2.24) is 9.88 Å². The van der Waals surface area contributed by atoms with Crippen LogP contribution >= 0.6 is 0 Å². The Hall–Kier alpha value is -2.11. The highest BCUT2D eigenvalue weighted by atomic mass is 16.2. The molecule has 118 valence electrons.